The zero-order chi connectivity index (χ0) is 20.5. The Morgan fingerprint density at radius 1 is 1.28 bits per heavy atom. The molecule has 4 aromatic rings. The average Bonchev–Trinajstić information content (AvgIpc) is 3.28. The van der Waals surface area contributed by atoms with E-state index in [1.54, 1.807) is 35.5 Å². The van der Waals surface area contributed by atoms with E-state index in [0.717, 1.165) is 5.69 Å². The molecule has 1 aromatic carbocycles. The normalized spacial score (nSPS) is 11.2. The van der Waals surface area contributed by atoms with E-state index < -0.39 is 4.92 Å². The number of imidazole rings is 1. The third kappa shape index (κ3) is 3.70. The highest BCUT2D eigenvalue weighted by Gasteiger charge is 2.17. The molecule has 0 bridgehead atoms. The second kappa shape index (κ2) is 7.19. The summed E-state index contributed by atoms with van der Waals surface area (Å²) in [6.07, 6.45) is 5.15. The van der Waals surface area contributed by atoms with Crippen LogP contribution in [0.25, 0.3) is 11.2 Å². The maximum Gasteiger partial charge on any atom is 0.326 e. The molecule has 3 heterocycles. The van der Waals surface area contributed by atoms with Crippen molar-refractivity contribution >= 4 is 28.4 Å². The van der Waals surface area contributed by atoms with Crippen LogP contribution in [-0.2, 0) is 7.05 Å². The van der Waals surface area contributed by atoms with E-state index in [0.29, 0.717) is 17.0 Å². The summed E-state index contributed by atoms with van der Waals surface area (Å²) in [7, 11) is 1.81. The number of fused-ring (bicyclic) bond motifs is 1. The molecule has 0 radical (unpaired) electrons. The monoisotopic (exact) mass is 394 g/mol. The van der Waals surface area contributed by atoms with Crippen LogP contribution in [0, 0.1) is 10.1 Å². The molecule has 0 spiro atoms. The third-order valence-corrected chi connectivity index (χ3v) is 4.16. The average molecular weight is 394 g/mol. The maximum atomic E-state index is 11.0. The molecule has 0 aliphatic heterocycles. The third-order valence-electron chi connectivity index (χ3n) is 4.16. The summed E-state index contributed by atoms with van der Waals surface area (Å²) in [5, 5.41) is 18.3. The van der Waals surface area contributed by atoms with E-state index >= 15 is 0 Å². The molecule has 0 fully saturated rings. The van der Waals surface area contributed by atoms with Crippen LogP contribution in [-0.4, -0.2) is 34.2 Å². The molecular weight excluding hydrogens is 376 g/mol. The highest BCUT2D eigenvalue weighted by atomic mass is 16.6. The number of nitro groups is 1. The van der Waals surface area contributed by atoms with Gasteiger partial charge in [0.2, 0.25) is 0 Å². The minimum absolute atomic E-state index is 0.0480. The summed E-state index contributed by atoms with van der Waals surface area (Å²) >= 11 is 0. The number of hydrogen-bond donors (Lipinski definition) is 1. The first-order valence-electron chi connectivity index (χ1n) is 8.83. The van der Waals surface area contributed by atoms with Crippen molar-refractivity contribution in [2.24, 2.45) is 7.05 Å². The molecule has 4 rings (SSSR count). The zero-order valence-corrected chi connectivity index (χ0v) is 16.0. The first-order valence-corrected chi connectivity index (χ1v) is 8.83. The van der Waals surface area contributed by atoms with Crippen LogP contribution >= 0.6 is 0 Å². The fourth-order valence-electron chi connectivity index (χ4n) is 2.80. The number of aryl methyl sites for hydroxylation is 1. The Bertz CT molecular complexity index is 1200. The van der Waals surface area contributed by atoms with Crippen molar-refractivity contribution in [3.8, 4) is 11.8 Å². The Hall–Kier alpha value is -4.02. The van der Waals surface area contributed by atoms with Crippen molar-refractivity contribution in [1.29, 1.82) is 0 Å². The molecule has 0 aliphatic rings. The van der Waals surface area contributed by atoms with E-state index in [1.807, 2.05) is 25.5 Å². The van der Waals surface area contributed by atoms with E-state index in [2.05, 4.69) is 25.4 Å². The van der Waals surface area contributed by atoms with E-state index in [1.165, 1.54) is 12.1 Å². The lowest BCUT2D eigenvalue weighted by Gasteiger charge is -2.11. The molecule has 0 saturated heterocycles. The molecule has 0 unspecified atom stereocenters. The van der Waals surface area contributed by atoms with Crippen molar-refractivity contribution < 1.29 is 9.66 Å². The molecule has 0 atom stereocenters. The van der Waals surface area contributed by atoms with Crippen molar-refractivity contribution in [3.63, 3.8) is 0 Å². The van der Waals surface area contributed by atoms with E-state index in [9.17, 15) is 10.1 Å². The number of nitrogens with one attached hydrogen (secondary N) is 1. The Morgan fingerprint density at radius 3 is 2.79 bits per heavy atom. The largest absolute Gasteiger partial charge is 0.424 e. The van der Waals surface area contributed by atoms with Crippen LogP contribution < -0.4 is 10.1 Å². The number of anilines is 2. The number of rotatable bonds is 6. The van der Waals surface area contributed by atoms with Crippen LogP contribution in [0.15, 0.2) is 43.0 Å². The number of hydrogen-bond acceptors (Lipinski definition) is 8. The molecule has 0 amide bonds. The fraction of sp³-hybridized carbons (Fsp3) is 0.222. The van der Waals surface area contributed by atoms with Crippen molar-refractivity contribution in [1.82, 2.24) is 29.3 Å². The topological polar surface area (TPSA) is 126 Å². The number of ether oxygens (including phenoxy) is 1. The van der Waals surface area contributed by atoms with Crippen LogP contribution in [0.5, 0.6) is 11.8 Å². The fourth-order valence-corrected chi connectivity index (χ4v) is 2.80. The number of non-ortho nitro benzene ring substituents is 1. The van der Waals surface area contributed by atoms with Gasteiger partial charge in [-0.05, 0) is 19.9 Å². The lowest BCUT2D eigenvalue weighted by molar-refractivity contribution is -0.384. The SMILES string of the molecule is CC(C)n1cnc2c(Nc3cnn(C)c3)nc(Oc3cccc([N+](=O)[O-])c3)nc21. The predicted octanol–water partition coefficient (Wildman–Crippen LogP) is 3.58. The Kier molecular flexibility index (Phi) is 4.55. The molecule has 148 valence electrons. The Morgan fingerprint density at radius 2 is 2.10 bits per heavy atom. The molecule has 0 aliphatic carbocycles. The van der Waals surface area contributed by atoms with Crippen LogP contribution in [0.1, 0.15) is 19.9 Å². The maximum absolute atomic E-state index is 11.0. The molecular formula is C18H18N8O3. The summed E-state index contributed by atoms with van der Waals surface area (Å²) < 4.78 is 9.29. The number of benzene rings is 1. The van der Waals surface area contributed by atoms with Gasteiger partial charge in [0.05, 0.1) is 29.2 Å². The van der Waals surface area contributed by atoms with Gasteiger partial charge in [0, 0.05) is 25.4 Å². The van der Waals surface area contributed by atoms with Crippen molar-refractivity contribution in [3.05, 3.63) is 53.1 Å². The Labute approximate surface area is 165 Å². The molecule has 3 aromatic heterocycles. The first-order chi connectivity index (χ1) is 13.9. The summed E-state index contributed by atoms with van der Waals surface area (Å²) in [5.74, 6) is 0.712. The number of nitrogens with zero attached hydrogens (tertiary/aromatic N) is 7. The van der Waals surface area contributed by atoms with Gasteiger partial charge in [-0.15, -0.1) is 0 Å². The lowest BCUT2D eigenvalue weighted by Crippen LogP contribution is -2.04. The van der Waals surface area contributed by atoms with Gasteiger partial charge < -0.3 is 14.6 Å². The molecule has 0 saturated carbocycles. The van der Waals surface area contributed by atoms with Gasteiger partial charge in [0.25, 0.3) is 5.69 Å². The quantitative estimate of drug-likeness (QED) is 0.388. The summed E-state index contributed by atoms with van der Waals surface area (Å²) in [4.78, 5) is 23.9. The molecule has 11 nitrogen and oxygen atoms in total. The first kappa shape index (κ1) is 18.3. The molecule has 11 heteroatoms. The van der Waals surface area contributed by atoms with Gasteiger partial charge >= 0.3 is 6.01 Å². The predicted molar refractivity (Wildman–Crippen MR) is 105 cm³/mol. The summed E-state index contributed by atoms with van der Waals surface area (Å²) in [5.41, 5.74) is 1.81. The van der Waals surface area contributed by atoms with E-state index in [4.69, 9.17) is 4.74 Å². The van der Waals surface area contributed by atoms with Crippen molar-refractivity contribution in [2.75, 3.05) is 5.32 Å². The van der Waals surface area contributed by atoms with Crippen molar-refractivity contribution in [2.45, 2.75) is 19.9 Å². The van der Waals surface area contributed by atoms with Gasteiger partial charge in [-0.1, -0.05) is 6.07 Å². The van der Waals surface area contributed by atoms with Crippen LogP contribution in [0.2, 0.25) is 0 Å². The van der Waals surface area contributed by atoms with Gasteiger partial charge in [-0.3, -0.25) is 14.8 Å². The second-order valence-electron chi connectivity index (χ2n) is 6.66. The number of aromatic nitrogens is 6. The minimum Gasteiger partial charge on any atom is -0.424 e. The van der Waals surface area contributed by atoms with Crippen LogP contribution in [0.4, 0.5) is 17.2 Å². The zero-order valence-electron chi connectivity index (χ0n) is 16.0. The van der Waals surface area contributed by atoms with Crippen LogP contribution in [0.3, 0.4) is 0 Å². The highest BCUT2D eigenvalue weighted by molar-refractivity contribution is 5.85. The number of nitro benzene ring substituents is 1. The van der Waals surface area contributed by atoms with Gasteiger partial charge in [-0.2, -0.15) is 15.1 Å². The van der Waals surface area contributed by atoms with E-state index in [-0.39, 0.29) is 23.5 Å². The standard InChI is InChI=1S/C18H18N8O3/c1-11(2)25-10-19-15-16(21-12-8-20-24(3)9-12)22-18(23-17(15)25)29-14-6-4-5-13(7-14)26(27)28/h4-11H,1-3H3,(H,21,22,23). The van der Waals surface area contributed by atoms with Gasteiger partial charge in [0.15, 0.2) is 17.0 Å². The smallest absolute Gasteiger partial charge is 0.326 e. The molecule has 1 N–H and O–H groups in total. The minimum atomic E-state index is -0.486. The molecule has 29 heavy (non-hydrogen) atoms. The summed E-state index contributed by atoms with van der Waals surface area (Å²) in [6, 6.07) is 6.02. The van der Waals surface area contributed by atoms with Gasteiger partial charge in [0.1, 0.15) is 5.75 Å². The van der Waals surface area contributed by atoms with Gasteiger partial charge in [-0.25, -0.2) is 4.98 Å². The lowest BCUT2D eigenvalue weighted by atomic mass is 10.3. The summed E-state index contributed by atoms with van der Waals surface area (Å²) in [6.45, 7) is 4.02. The highest BCUT2D eigenvalue weighted by Crippen LogP contribution is 2.29. The Balaban J connectivity index is 1.78. The second-order valence-corrected chi connectivity index (χ2v) is 6.66.